The van der Waals surface area contributed by atoms with Crippen LogP contribution in [0, 0.1) is 0 Å². The quantitative estimate of drug-likeness (QED) is 0.769. The number of aromatic nitrogens is 2. The number of halogens is 1. The highest BCUT2D eigenvalue weighted by molar-refractivity contribution is 6.31. The molecule has 0 atom stereocenters. The SMILES string of the molecule is COc1ccc(-n2cnc(Cl)c2C=O)cc1. The van der Waals surface area contributed by atoms with Crippen molar-refractivity contribution in [2.75, 3.05) is 7.11 Å². The number of benzene rings is 1. The third kappa shape index (κ3) is 1.79. The number of nitrogens with zero attached hydrogens (tertiary/aromatic N) is 2. The minimum Gasteiger partial charge on any atom is -0.497 e. The van der Waals surface area contributed by atoms with Gasteiger partial charge in [-0.15, -0.1) is 0 Å². The number of aldehydes is 1. The minimum absolute atomic E-state index is 0.200. The molecule has 2 rings (SSSR count). The van der Waals surface area contributed by atoms with Crippen molar-refractivity contribution in [3.05, 3.63) is 41.4 Å². The highest BCUT2D eigenvalue weighted by atomic mass is 35.5. The average molecular weight is 237 g/mol. The highest BCUT2D eigenvalue weighted by Gasteiger charge is 2.09. The maximum Gasteiger partial charge on any atom is 0.170 e. The molecule has 2 aromatic rings. The van der Waals surface area contributed by atoms with Gasteiger partial charge in [0, 0.05) is 5.69 Å². The standard InChI is InChI=1S/C11H9ClN2O2/c1-16-9-4-2-8(3-5-9)14-7-13-11(12)10(14)6-15/h2-7H,1H3. The zero-order valence-corrected chi connectivity index (χ0v) is 9.31. The lowest BCUT2D eigenvalue weighted by Crippen LogP contribution is -1.97. The molecule has 0 fully saturated rings. The first-order valence-electron chi connectivity index (χ1n) is 4.58. The van der Waals surface area contributed by atoms with E-state index < -0.39 is 0 Å². The van der Waals surface area contributed by atoms with Crippen LogP contribution in [0.25, 0.3) is 5.69 Å². The van der Waals surface area contributed by atoms with E-state index in [-0.39, 0.29) is 5.15 Å². The Bertz CT molecular complexity index is 505. The largest absolute Gasteiger partial charge is 0.497 e. The van der Waals surface area contributed by atoms with Crippen LogP contribution < -0.4 is 4.74 Å². The van der Waals surface area contributed by atoms with Gasteiger partial charge in [0.25, 0.3) is 0 Å². The van der Waals surface area contributed by atoms with E-state index in [0.717, 1.165) is 11.4 Å². The Labute approximate surface area is 97.4 Å². The molecule has 82 valence electrons. The minimum atomic E-state index is 0.200. The Hall–Kier alpha value is -1.81. The number of carbonyl (C=O) groups excluding carboxylic acids is 1. The molecular weight excluding hydrogens is 228 g/mol. The summed E-state index contributed by atoms with van der Waals surface area (Å²) in [5.41, 5.74) is 1.15. The van der Waals surface area contributed by atoms with Crippen LogP contribution in [0.5, 0.6) is 5.75 Å². The lowest BCUT2D eigenvalue weighted by molar-refractivity contribution is 0.111. The molecule has 0 spiro atoms. The number of methoxy groups -OCH3 is 1. The van der Waals surface area contributed by atoms with Gasteiger partial charge in [0.1, 0.15) is 17.8 Å². The van der Waals surface area contributed by atoms with Gasteiger partial charge in [0.15, 0.2) is 11.4 Å². The maximum atomic E-state index is 10.8. The van der Waals surface area contributed by atoms with E-state index >= 15 is 0 Å². The number of imidazole rings is 1. The third-order valence-corrected chi connectivity index (χ3v) is 2.51. The zero-order valence-electron chi connectivity index (χ0n) is 8.55. The van der Waals surface area contributed by atoms with Crippen molar-refractivity contribution in [3.63, 3.8) is 0 Å². The molecule has 1 aromatic heterocycles. The molecule has 0 radical (unpaired) electrons. The molecule has 0 bridgehead atoms. The van der Waals surface area contributed by atoms with Gasteiger partial charge in [-0.3, -0.25) is 9.36 Å². The Morgan fingerprint density at radius 2 is 2.06 bits per heavy atom. The second kappa shape index (κ2) is 4.37. The number of hydrogen-bond acceptors (Lipinski definition) is 3. The fourth-order valence-corrected chi connectivity index (χ4v) is 1.57. The van der Waals surface area contributed by atoms with Gasteiger partial charge in [0.2, 0.25) is 0 Å². The fourth-order valence-electron chi connectivity index (χ4n) is 1.39. The van der Waals surface area contributed by atoms with Gasteiger partial charge in [-0.25, -0.2) is 4.98 Å². The highest BCUT2D eigenvalue weighted by Crippen LogP contribution is 2.19. The van der Waals surface area contributed by atoms with Crippen LogP contribution in [0.4, 0.5) is 0 Å². The number of ether oxygens (including phenoxy) is 1. The molecule has 5 heteroatoms. The van der Waals surface area contributed by atoms with E-state index in [2.05, 4.69) is 4.98 Å². The second-order valence-electron chi connectivity index (χ2n) is 3.11. The van der Waals surface area contributed by atoms with Crippen LogP contribution in [-0.4, -0.2) is 22.9 Å². The third-order valence-electron chi connectivity index (χ3n) is 2.22. The number of carbonyl (C=O) groups is 1. The molecule has 0 aliphatic heterocycles. The van der Waals surface area contributed by atoms with Crippen molar-refractivity contribution in [1.82, 2.24) is 9.55 Å². The van der Waals surface area contributed by atoms with Crippen molar-refractivity contribution < 1.29 is 9.53 Å². The topological polar surface area (TPSA) is 44.1 Å². The van der Waals surface area contributed by atoms with Crippen molar-refractivity contribution in [1.29, 1.82) is 0 Å². The molecule has 0 aliphatic rings. The van der Waals surface area contributed by atoms with Crippen molar-refractivity contribution in [2.45, 2.75) is 0 Å². The van der Waals surface area contributed by atoms with Gasteiger partial charge in [-0.05, 0) is 24.3 Å². The fraction of sp³-hybridized carbons (Fsp3) is 0.0909. The average Bonchev–Trinajstić information content (AvgIpc) is 2.70. The molecular formula is C11H9ClN2O2. The second-order valence-corrected chi connectivity index (χ2v) is 3.46. The summed E-state index contributed by atoms with van der Waals surface area (Å²) in [5, 5.41) is 0.200. The molecule has 0 aliphatic carbocycles. The molecule has 1 heterocycles. The lowest BCUT2D eigenvalue weighted by Gasteiger charge is -2.05. The summed E-state index contributed by atoms with van der Waals surface area (Å²) >= 11 is 5.77. The molecule has 4 nitrogen and oxygen atoms in total. The van der Waals surface area contributed by atoms with E-state index in [4.69, 9.17) is 16.3 Å². The summed E-state index contributed by atoms with van der Waals surface area (Å²) in [6, 6.07) is 7.25. The van der Waals surface area contributed by atoms with E-state index in [1.807, 2.05) is 12.1 Å². The summed E-state index contributed by atoms with van der Waals surface area (Å²) in [6.45, 7) is 0. The molecule has 16 heavy (non-hydrogen) atoms. The summed E-state index contributed by atoms with van der Waals surface area (Å²) in [6.07, 6.45) is 2.19. The van der Waals surface area contributed by atoms with Crippen LogP contribution in [0.15, 0.2) is 30.6 Å². The van der Waals surface area contributed by atoms with Crippen LogP contribution in [-0.2, 0) is 0 Å². The van der Waals surface area contributed by atoms with Crippen LogP contribution >= 0.6 is 11.6 Å². The normalized spacial score (nSPS) is 10.1. The predicted octanol–water partition coefficient (Wildman–Crippen LogP) is 2.35. The van der Waals surface area contributed by atoms with Gasteiger partial charge in [-0.1, -0.05) is 11.6 Å². The van der Waals surface area contributed by atoms with Crippen LogP contribution in [0.1, 0.15) is 10.5 Å². The Kier molecular flexibility index (Phi) is 2.92. The monoisotopic (exact) mass is 236 g/mol. The first-order chi connectivity index (χ1) is 7.76. The number of rotatable bonds is 3. The molecule has 0 saturated heterocycles. The predicted molar refractivity (Wildman–Crippen MR) is 60.5 cm³/mol. The summed E-state index contributed by atoms with van der Waals surface area (Å²) in [7, 11) is 1.60. The molecule has 0 unspecified atom stereocenters. The van der Waals surface area contributed by atoms with Crippen LogP contribution in [0.3, 0.4) is 0 Å². The van der Waals surface area contributed by atoms with Gasteiger partial charge < -0.3 is 4.74 Å². The van der Waals surface area contributed by atoms with E-state index in [1.54, 1.807) is 23.8 Å². The summed E-state index contributed by atoms with van der Waals surface area (Å²) in [5.74, 6) is 0.752. The zero-order chi connectivity index (χ0) is 11.5. The van der Waals surface area contributed by atoms with Gasteiger partial charge in [-0.2, -0.15) is 0 Å². The summed E-state index contributed by atoms with van der Waals surface area (Å²) < 4.78 is 6.67. The molecule has 0 N–H and O–H groups in total. The Morgan fingerprint density at radius 1 is 1.38 bits per heavy atom. The van der Waals surface area contributed by atoms with Gasteiger partial charge in [0.05, 0.1) is 7.11 Å². The number of hydrogen-bond donors (Lipinski definition) is 0. The molecule has 0 saturated carbocycles. The smallest absolute Gasteiger partial charge is 0.170 e. The van der Waals surface area contributed by atoms with Gasteiger partial charge >= 0.3 is 0 Å². The van der Waals surface area contributed by atoms with Crippen molar-refractivity contribution in [3.8, 4) is 11.4 Å². The first-order valence-corrected chi connectivity index (χ1v) is 4.96. The van der Waals surface area contributed by atoms with Crippen molar-refractivity contribution >= 4 is 17.9 Å². The Morgan fingerprint density at radius 3 is 2.62 bits per heavy atom. The molecule has 1 aromatic carbocycles. The summed E-state index contributed by atoms with van der Waals surface area (Å²) in [4.78, 5) is 14.7. The van der Waals surface area contributed by atoms with Crippen LogP contribution in [0.2, 0.25) is 5.15 Å². The van der Waals surface area contributed by atoms with E-state index in [9.17, 15) is 4.79 Å². The first kappa shape index (κ1) is 10.7. The lowest BCUT2D eigenvalue weighted by atomic mass is 10.3. The maximum absolute atomic E-state index is 10.8. The van der Waals surface area contributed by atoms with E-state index in [0.29, 0.717) is 12.0 Å². The molecule has 0 amide bonds. The van der Waals surface area contributed by atoms with Crippen molar-refractivity contribution in [2.24, 2.45) is 0 Å². The Balaban J connectivity index is 2.46. The van der Waals surface area contributed by atoms with E-state index in [1.165, 1.54) is 6.33 Å².